The zero-order chi connectivity index (χ0) is 48.1. The van der Waals surface area contributed by atoms with E-state index in [1.165, 1.54) is 10.8 Å². The Labute approximate surface area is 415 Å². The molecule has 0 atom stereocenters. The molecule has 0 aliphatic carbocycles. The molecule has 0 aliphatic heterocycles. The number of nitrogens with zero attached hydrogens (tertiary/aromatic N) is 6. The van der Waals surface area contributed by atoms with Gasteiger partial charge in [0.1, 0.15) is 0 Å². The number of aromatic nitrogens is 4. The zero-order valence-electron chi connectivity index (χ0n) is 38.8. The van der Waals surface area contributed by atoms with Crippen molar-refractivity contribution in [3.63, 3.8) is 0 Å². The molecular weight excluding hydrogens is 877 g/mol. The highest BCUT2D eigenvalue weighted by atomic mass is 15.0. The van der Waals surface area contributed by atoms with E-state index in [2.05, 4.69) is 179 Å². The Bertz CT molecular complexity index is 4130. The van der Waals surface area contributed by atoms with Gasteiger partial charge in [0.25, 0.3) is 0 Å². The fraction of sp³-hybridized carbons (Fsp3) is 0. The molecule has 0 radical (unpaired) electrons. The summed E-state index contributed by atoms with van der Waals surface area (Å²) >= 11 is 0. The minimum atomic E-state index is 0.609. The van der Waals surface area contributed by atoms with Crippen molar-refractivity contribution < 1.29 is 0 Å². The smallest absolute Gasteiger partial charge is 0.160 e. The number of fused-ring (bicyclic) bond motifs is 6. The minimum absolute atomic E-state index is 0.609. The quantitative estimate of drug-likeness (QED) is 0.152. The van der Waals surface area contributed by atoms with Gasteiger partial charge in [0.05, 0.1) is 68.1 Å². The maximum atomic E-state index is 10.2. The average Bonchev–Trinajstić information content (AvgIpc) is 3.97. The summed E-state index contributed by atoms with van der Waals surface area (Å²) < 4.78 is 4.75. The number of nitriles is 2. The molecule has 0 spiro atoms. The molecule has 6 heteroatoms. The minimum Gasteiger partial charge on any atom is -0.309 e. The van der Waals surface area contributed by atoms with Gasteiger partial charge >= 0.3 is 0 Å². The van der Waals surface area contributed by atoms with E-state index in [0.29, 0.717) is 17.0 Å². The van der Waals surface area contributed by atoms with Crippen molar-refractivity contribution in [1.82, 2.24) is 19.1 Å². The van der Waals surface area contributed by atoms with Crippen LogP contribution in [0.3, 0.4) is 0 Å². The summed E-state index contributed by atoms with van der Waals surface area (Å²) in [4.78, 5) is 10.6. The monoisotopic (exact) mass is 916 g/mol. The maximum Gasteiger partial charge on any atom is 0.160 e. The van der Waals surface area contributed by atoms with E-state index in [-0.39, 0.29) is 0 Å². The Morgan fingerprint density at radius 1 is 0.292 bits per heavy atom. The van der Waals surface area contributed by atoms with E-state index < -0.39 is 0 Å². The highest BCUT2D eigenvalue weighted by Gasteiger charge is 2.23. The first-order valence-electron chi connectivity index (χ1n) is 23.9. The van der Waals surface area contributed by atoms with Crippen LogP contribution in [0.5, 0.6) is 0 Å². The molecule has 0 fully saturated rings. The fourth-order valence-corrected chi connectivity index (χ4v) is 10.5. The fourth-order valence-electron chi connectivity index (χ4n) is 10.5. The number of benzene rings is 10. The second-order valence-corrected chi connectivity index (χ2v) is 17.9. The highest BCUT2D eigenvalue weighted by molar-refractivity contribution is 6.13. The van der Waals surface area contributed by atoms with E-state index in [1.54, 1.807) is 0 Å². The third kappa shape index (κ3) is 7.02. The summed E-state index contributed by atoms with van der Waals surface area (Å²) in [6, 6.07) is 88.5. The standard InChI is InChI=1S/C66H40N6/c67-41-48-21-7-9-23-50(48)45-31-34-64-56(37-45)57-38-46(51-24-10-8-22-49(51)42-68)32-35-65(57)72(64)63-36-33-47(66-69-58(43-17-3-1-4-18-43)40-59(70-66)44-19-5-2-6-20-44)39-55(63)54-27-13-16-30-62(54)71-60-28-14-11-25-52(60)53-26-12-15-29-61(53)71/h1-40H. The Hall–Kier alpha value is -10.1. The van der Waals surface area contributed by atoms with Crippen molar-refractivity contribution in [1.29, 1.82) is 10.5 Å². The van der Waals surface area contributed by atoms with Gasteiger partial charge < -0.3 is 9.13 Å². The van der Waals surface area contributed by atoms with E-state index in [0.717, 1.165) is 106 Å². The van der Waals surface area contributed by atoms with Crippen LogP contribution in [0.2, 0.25) is 0 Å². The van der Waals surface area contributed by atoms with Crippen molar-refractivity contribution in [2.24, 2.45) is 0 Å². The van der Waals surface area contributed by atoms with Crippen LogP contribution >= 0.6 is 0 Å². The van der Waals surface area contributed by atoms with Gasteiger partial charge in [-0.25, -0.2) is 9.97 Å². The summed E-state index contributed by atoms with van der Waals surface area (Å²) in [5, 5.41) is 24.9. The Balaban J connectivity index is 1.12. The largest absolute Gasteiger partial charge is 0.309 e. The van der Waals surface area contributed by atoms with Crippen molar-refractivity contribution in [3.05, 3.63) is 254 Å². The number of rotatable bonds is 8. The van der Waals surface area contributed by atoms with Crippen molar-refractivity contribution in [3.8, 4) is 90.8 Å². The Kier molecular flexibility index (Phi) is 10.2. The van der Waals surface area contributed by atoms with Gasteiger partial charge in [0, 0.05) is 49.4 Å². The van der Waals surface area contributed by atoms with Crippen molar-refractivity contribution in [2.45, 2.75) is 0 Å². The predicted molar refractivity (Wildman–Crippen MR) is 293 cm³/mol. The summed E-state index contributed by atoms with van der Waals surface area (Å²) in [5.41, 5.74) is 17.6. The zero-order valence-corrected chi connectivity index (χ0v) is 38.8. The predicted octanol–water partition coefficient (Wildman–Crippen LogP) is 16.4. The third-order valence-corrected chi connectivity index (χ3v) is 13.9. The summed E-state index contributed by atoms with van der Waals surface area (Å²) in [6.07, 6.45) is 0. The molecule has 72 heavy (non-hydrogen) atoms. The molecular formula is C66H40N6. The second-order valence-electron chi connectivity index (χ2n) is 17.9. The topological polar surface area (TPSA) is 83.2 Å². The lowest BCUT2D eigenvalue weighted by Gasteiger charge is -2.20. The maximum absolute atomic E-state index is 10.2. The van der Waals surface area contributed by atoms with E-state index in [4.69, 9.17) is 9.97 Å². The summed E-state index contributed by atoms with van der Waals surface area (Å²) in [7, 11) is 0. The Morgan fingerprint density at radius 2 is 0.708 bits per heavy atom. The average molecular weight is 917 g/mol. The Morgan fingerprint density at radius 3 is 1.24 bits per heavy atom. The number of hydrogen-bond acceptors (Lipinski definition) is 4. The molecule has 334 valence electrons. The molecule has 0 saturated carbocycles. The molecule has 3 aromatic heterocycles. The lowest BCUT2D eigenvalue weighted by Crippen LogP contribution is -2.03. The molecule has 0 amide bonds. The SMILES string of the molecule is N#Cc1ccccc1-c1ccc2c(c1)c1cc(-c3ccccc3C#N)ccc1n2-c1ccc(-c2nc(-c3ccccc3)cc(-c3ccccc3)n2)cc1-c1ccccc1-n1c2ccccc2c2ccccc21. The molecule has 6 nitrogen and oxygen atoms in total. The first-order valence-corrected chi connectivity index (χ1v) is 23.9. The summed E-state index contributed by atoms with van der Waals surface area (Å²) in [6.45, 7) is 0. The van der Waals surface area contributed by atoms with Gasteiger partial charge in [-0.2, -0.15) is 10.5 Å². The van der Waals surface area contributed by atoms with Gasteiger partial charge in [0.15, 0.2) is 5.82 Å². The molecule has 10 aromatic carbocycles. The van der Waals surface area contributed by atoms with Crippen LogP contribution in [0.4, 0.5) is 0 Å². The normalized spacial score (nSPS) is 11.3. The molecule has 3 heterocycles. The highest BCUT2D eigenvalue weighted by Crippen LogP contribution is 2.44. The van der Waals surface area contributed by atoms with Gasteiger partial charge in [-0.3, -0.25) is 0 Å². The molecule has 0 aliphatic rings. The van der Waals surface area contributed by atoms with E-state index >= 15 is 0 Å². The molecule has 0 unspecified atom stereocenters. The van der Waals surface area contributed by atoms with Crippen LogP contribution in [-0.2, 0) is 0 Å². The van der Waals surface area contributed by atoms with Crippen molar-refractivity contribution in [2.75, 3.05) is 0 Å². The van der Waals surface area contributed by atoms with Crippen LogP contribution in [0.15, 0.2) is 243 Å². The van der Waals surface area contributed by atoms with Gasteiger partial charge in [-0.1, -0.05) is 164 Å². The second kappa shape index (κ2) is 17.4. The van der Waals surface area contributed by atoms with Crippen LogP contribution in [0.25, 0.3) is 122 Å². The lowest BCUT2D eigenvalue weighted by molar-refractivity contribution is 1.15. The van der Waals surface area contributed by atoms with E-state index in [9.17, 15) is 10.5 Å². The number of para-hydroxylation sites is 3. The van der Waals surface area contributed by atoms with Gasteiger partial charge in [0.2, 0.25) is 0 Å². The first-order chi connectivity index (χ1) is 35.6. The van der Waals surface area contributed by atoms with E-state index in [1.807, 2.05) is 84.9 Å². The van der Waals surface area contributed by atoms with Crippen LogP contribution in [0, 0.1) is 22.7 Å². The first kappa shape index (κ1) is 42.0. The third-order valence-electron chi connectivity index (χ3n) is 13.9. The molecule has 13 rings (SSSR count). The van der Waals surface area contributed by atoms with Gasteiger partial charge in [-0.15, -0.1) is 0 Å². The van der Waals surface area contributed by atoms with Crippen LogP contribution < -0.4 is 0 Å². The molecule has 0 bridgehead atoms. The summed E-state index contributed by atoms with van der Waals surface area (Å²) in [5.74, 6) is 0.612. The number of hydrogen-bond donors (Lipinski definition) is 0. The van der Waals surface area contributed by atoms with Crippen molar-refractivity contribution >= 4 is 43.6 Å². The molecule has 0 saturated heterocycles. The van der Waals surface area contributed by atoms with Crippen LogP contribution in [0.1, 0.15) is 11.1 Å². The molecule has 13 aromatic rings. The lowest BCUT2D eigenvalue weighted by atomic mass is 9.96. The van der Waals surface area contributed by atoms with Gasteiger partial charge in [-0.05, 0) is 101 Å². The molecule has 0 N–H and O–H groups in total. The van der Waals surface area contributed by atoms with Crippen LogP contribution in [-0.4, -0.2) is 19.1 Å².